The Kier molecular flexibility index (Phi) is 5.22. The van der Waals surface area contributed by atoms with Crippen molar-refractivity contribution in [1.82, 2.24) is 14.6 Å². The molecule has 0 saturated carbocycles. The highest BCUT2D eigenvalue weighted by atomic mass is 16.5. The van der Waals surface area contributed by atoms with Crippen LogP contribution >= 0.6 is 0 Å². The highest BCUT2D eigenvalue weighted by Gasteiger charge is 2.18. The fourth-order valence-corrected chi connectivity index (χ4v) is 4.91. The maximum Gasteiger partial charge on any atom is 0.137 e. The van der Waals surface area contributed by atoms with Crippen LogP contribution in [0.2, 0.25) is 0 Å². The van der Waals surface area contributed by atoms with E-state index in [9.17, 15) is 0 Å². The lowest BCUT2D eigenvalue weighted by Crippen LogP contribution is -2.31. The summed E-state index contributed by atoms with van der Waals surface area (Å²) in [7, 11) is 2.05. The average molecular weight is 475 g/mol. The van der Waals surface area contributed by atoms with Gasteiger partial charge in [-0.3, -0.25) is 14.6 Å². The van der Waals surface area contributed by atoms with Crippen LogP contribution in [0.1, 0.15) is 26.3 Å². The van der Waals surface area contributed by atoms with Crippen molar-refractivity contribution < 1.29 is 4.74 Å². The summed E-state index contributed by atoms with van der Waals surface area (Å²) in [5.74, 6) is 2.52. The third-order valence-corrected chi connectivity index (χ3v) is 6.82. The van der Waals surface area contributed by atoms with Crippen LogP contribution in [0.5, 0.6) is 11.5 Å². The van der Waals surface area contributed by atoms with Crippen LogP contribution in [0.15, 0.2) is 97.3 Å². The Morgan fingerprint density at radius 1 is 0.806 bits per heavy atom. The Hall–Kier alpha value is -4.25. The zero-order valence-electron chi connectivity index (χ0n) is 21.1. The van der Waals surface area contributed by atoms with Crippen LogP contribution < -0.4 is 9.75 Å². The quantitative estimate of drug-likeness (QED) is 0.271. The number of aromatic nitrogens is 2. The minimum absolute atomic E-state index is 0.0364. The fourth-order valence-electron chi connectivity index (χ4n) is 4.91. The summed E-state index contributed by atoms with van der Waals surface area (Å²) < 4.78 is 8.63. The van der Waals surface area contributed by atoms with Crippen LogP contribution in [-0.4, -0.2) is 28.2 Å². The Morgan fingerprint density at radius 2 is 1.61 bits per heavy atom. The van der Waals surface area contributed by atoms with E-state index in [0.29, 0.717) is 0 Å². The van der Waals surface area contributed by atoms with Crippen molar-refractivity contribution in [3.8, 4) is 17.3 Å². The van der Waals surface area contributed by atoms with Crippen molar-refractivity contribution in [2.24, 2.45) is 0 Å². The molecule has 0 radical (unpaired) electrons. The lowest BCUT2D eigenvalue weighted by molar-refractivity contribution is 0.451. The molecule has 6 rings (SSSR count). The molecule has 1 aliphatic rings. The molecule has 0 aliphatic carbocycles. The molecular weight excluding hydrogens is 444 g/mol. The first-order chi connectivity index (χ1) is 17.4. The second-order valence-corrected chi connectivity index (χ2v) is 10.3. The van der Waals surface area contributed by atoms with E-state index < -0.39 is 0 Å². The lowest BCUT2D eigenvalue weighted by atomic mass is 9.88. The van der Waals surface area contributed by atoms with E-state index in [1.165, 1.54) is 16.3 Å². The number of hydrogen-bond donors (Lipinski definition) is 0. The molecule has 0 saturated heterocycles. The van der Waals surface area contributed by atoms with Gasteiger partial charge in [0.1, 0.15) is 17.3 Å². The Morgan fingerprint density at radius 3 is 2.42 bits per heavy atom. The van der Waals surface area contributed by atoms with E-state index in [4.69, 9.17) is 9.72 Å². The van der Waals surface area contributed by atoms with Gasteiger partial charge >= 0.3 is 0 Å². The molecule has 5 aromatic rings. The predicted molar refractivity (Wildman–Crippen MR) is 148 cm³/mol. The molecule has 180 valence electrons. The molecule has 2 aromatic heterocycles. The number of hydrogen-bond acceptors (Lipinski definition) is 4. The predicted octanol–water partition coefficient (Wildman–Crippen LogP) is 7.45. The number of hydrazine groups is 1. The summed E-state index contributed by atoms with van der Waals surface area (Å²) in [5.41, 5.74) is 4.60. The third-order valence-electron chi connectivity index (χ3n) is 6.82. The Balaban J connectivity index is 1.45. The molecule has 0 bridgehead atoms. The second kappa shape index (κ2) is 8.45. The number of ether oxygens (including phenoxy) is 1. The largest absolute Gasteiger partial charge is 0.457 e. The van der Waals surface area contributed by atoms with E-state index in [0.717, 1.165) is 40.6 Å². The van der Waals surface area contributed by atoms with E-state index in [1.54, 1.807) is 0 Å². The standard InChI is InChI=1S/C31H30N4O/c1-31(2,3)22-15-16-32-30(19-22)35-28-12-6-5-11-26(28)27-14-13-25(21-29(27)35)36-24-10-7-9-23(20-24)34-18-8-17-33(34)4/h5-17,19-21H,18H2,1-4H3. The zero-order valence-corrected chi connectivity index (χ0v) is 21.1. The summed E-state index contributed by atoms with van der Waals surface area (Å²) in [6.07, 6.45) is 6.12. The van der Waals surface area contributed by atoms with E-state index in [-0.39, 0.29) is 5.41 Å². The van der Waals surface area contributed by atoms with Crippen LogP contribution in [0.25, 0.3) is 27.6 Å². The van der Waals surface area contributed by atoms with Gasteiger partial charge in [-0.25, -0.2) is 4.98 Å². The lowest BCUT2D eigenvalue weighted by Gasteiger charge is -2.27. The number of nitrogens with zero attached hydrogens (tertiary/aromatic N) is 4. The van der Waals surface area contributed by atoms with Gasteiger partial charge in [0.25, 0.3) is 0 Å². The van der Waals surface area contributed by atoms with Crippen LogP contribution in [0.3, 0.4) is 0 Å². The normalized spacial score (nSPS) is 13.8. The highest BCUT2D eigenvalue weighted by Crippen LogP contribution is 2.36. The number of anilines is 1. The minimum Gasteiger partial charge on any atom is -0.457 e. The van der Waals surface area contributed by atoms with Gasteiger partial charge in [-0.2, -0.15) is 0 Å². The second-order valence-electron chi connectivity index (χ2n) is 10.3. The molecule has 0 unspecified atom stereocenters. The monoisotopic (exact) mass is 474 g/mol. The van der Waals surface area contributed by atoms with E-state index in [1.807, 2.05) is 31.4 Å². The van der Waals surface area contributed by atoms with Crippen LogP contribution in [-0.2, 0) is 5.41 Å². The minimum atomic E-state index is 0.0364. The molecule has 3 heterocycles. The molecule has 0 atom stereocenters. The molecule has 0 N–H and O–H groups in total. The van der Waals surface area contributed by atoms with Gasteiger partial charge in [0, 0.05) is 42.3 Å². The molecule has 3 aromatic carbocycles. The van der Waals surface area contributed by atoms with Crippen molar-refractivity contribution in [2.75, 3.05) is 18.6 Å². The molecular formula is C31H30N4O. The number of para-hydroxylation sites is 1. The third kappa shape index (κ3) is 3.87. The SMILES string of the molecule is CN1C=CCN1c1cccc(Oc2ccc3c4ccccc4n(-c4cc(C(C)(C)C)ccn4)c3c2)c1. The van der Waals surface area contributed by atoms with Crippen molar-refractivity contribution >= 4 is 27.5 Å². The summed E-state index contributed by atoms with van der Waals surface area (Å²) in [5, 5.41) is 6.66. The number of pyridine rings is 1. The van der Waals surface area contributed by atoms with Gasteiger partial charge in [0.2, 0.25) is 0 Å². The summed E-state index contributed by atoms with van der Waals surface area (Å²) in [6, 6.07) is 27.3. The first-order valence-corrected chi connectivity index (χ1v) is 12.3. The van der Waals surface area contributed by atoms with Gasteiger partial charge in [-0.05, 0) is 59.5 Å². The fraction of sp³-hybridized carbons (Fsp3) is 0.194. The first kappa shape index (κ1) is 22.2. The maximum absolute atomic E-state index is 6.39. The highest BCUT2D eigenvalue weighted by molar-refractivity contribution is 6.09. The number of rotatable bonds is 4. The van der Waals surface area contributed by atoms with Gasteiger partial charge in [-0.15, -0.1) is 0 Å². The Labute approximate surface area is 211 Å². The van der Waals surface area contributed by atoms with Crippen molar-refractivity contribution in [3.63, 3.8) is 0 Å². The zero-order chi connectivity index (χ0) is 24.9. The molecule has 36 heavy (non-hydrogen) atoms. The van der Waals surface area contributed by atoms with Crippen LogP contribution in [0, 0.1) is 0 Å². The molecule has 0 fully saturated rings. The topological polar surface area (TPSA) is 33.5 Å². The summed E-state index contributed by atoms with van der Waals surface area (Å²) in [4.78, 5) is 4.78. The van der Waals surface area contributed by atoms with Gasteiger partial charge in [-0.1, -0.05) is 45.0 Å². The smallest absolute Gasteiger partial charge is 0.137 e. The van der Waals surface area contributed by atoms with E-state index in [2.05, 4.69) is 108 Å². The molecule has 5 nitrogen and oxygen atoms in total. The first-order valence-electron chi connectivity index (χ1n) is 12.3. The number of benzene rings is 3. The average Bonchev–Trinajstić information content (AvgIpc) is 3.44. The van der Waals surface area contributed by atoms with Gasteiger partial charge < -0.3 is 4.74 Å². The van der Waals surface area contributed by atoms with Crippen molar-refractivity contribution in [1.29, 1.82) is 0 Å². The molecule has 5 heteroatoms. The van der Waals surface area contributed by atoms with Crippen molar-refractivity contribution in [2.45, 2.75) is 26.2 Å². The summed E-state index contributed by atoms with van der Waals surface area (Å²) in [6.45, 7) is 7.54. The molecule has 0 spiro atoms. The Bertz CT molecular complexity index is 1610. The van der Waals surface area contributed by atoms with Crippen LogP contribution in [0.4, 0.5) is 5.69 Å². The van der Waals surface area contributed by atoms with Crippen molar-refractivity contribution in [3.05, 3.63) is 103 Å². The number of fused-ring (bicyclic) bond motifs is 3. The van der Waals surface area contributed by atoms with Gasteiger partial charge in [0.15, 0.2) is 0 Å². The molecule has 0 amide bonds. The van der Waals surface area contributed by atoms with E-state index >= 15 is 0 Å². The molecule has 1 aliphatic heterocycles. The summed E-state index contributed by atoms with van der Waals surface area (Å²) >= 11 is 0. The maximum atomic E-state index is 6.39. The van der Waals surface area contributed by atoms with Gasteiger partial charge in [0.05, 0.1) is 23.3 Å².